The summed E-state index contributed by atoms with van der Waals surface area (Å²) in [4.78, 5) is 0. The molecule has 0 aliphatic carbocycles. The summed E-state index contributed by atoms with van der Waals surface area (Å²) in [5.41, 5.74) is 1.40. The first-order chi connectivity index (χ1) is 6.34. The lowest BCUT2D eigenvalue weighted by Crippen LogP contribution is -2.14. The molecule has 0 heterocycles. The summed E-state index contributed by atoms with van der Waals surface area (Å²) in [7, 11) is 1.99. The molecule has 13 heavy (non-hydrogen) atoms. The minimum Gasteiger partial charge on any atom is -0.319 e. The van der Waals surface area contributed by atoms with Gasteiger partial charge in [0, 0.05) is 6.54 Å². The maximum absolute atomic E-state index is 3.17. The molecule has 1 aromatic rings. The third kappa shape index (κ3) is 4.69. The molecule has 1 atom stereocenters. The third-order valence-corrected chi connectivity index (χ3v) is 1.88. The Kier molecular flexibility index (Phi) is 7.32. The van der Waals surface area contributed by atoms with Crippen LogP contribution < -0.4 is 5.32 Å². The predicted molar refractivity (Wildman–Crippen MR) is 60.1 cm³/mol. The average Bonchev–Trinajstić information content (AvgIpc) is 2.23. The lowest BCUT2D eigenvalue weighted by molar-refractivity contribution is 0.678. The molecule has 0 amide bonds. The van der Waals surface area contributed by atoms with E-state index in [9.17, 15) is 0 Å². The molecule has 74 valence electrons. The summed E-state index contributed by atoms with van der Waals surface area (Å²) >= 11 is 0. The third-order valence-electron chi connectivity index (χ3n) is 1.88. The Balaban J connectivity index is 0.000000671. The normalized spacial score (nSPS) is 11.4. The van der Waals surface area contributed by atoms with Crippen molar-refractivity contribution in [2.24, 2.45) is 0 Å². The summed E-state index contributed by atoms with van der Waals surface area (Å²) in [6.45, 7) is 7.27. The van der Waals surface area contributed by atoms with Gasteiger partial charge in [0.2, 0.25) is 0 Å². The molecule has 1 heteroatoms. The van der Waals surface area contributed by atoms with Crippen LogP contribution in [0.1, 0.15) is 32.3 Å². The second-order valence-electron chi connectivity index (χ2n) is 2.87. The van der Waals surface area contributed by atoms with E-state index in [-0.39, 0.29) is 0 Å². The number of rotatable bonds is 3. The highest BCUT2D eigenvalue weighted by Crippen LogP contribution is 2.12. The van der Waals surface area contributed by atoms with Crippen LogP contribution in [-0.2, 0) is 0 Å². The Hall–Kier alpha value is -0.820. The van der Waals surface area contributed by atoms with E-state index in [0.29, 0.717) is 5.92 Å². The molecule has 0 saturated heterocycles. The Labute approximate surface area is 82.2 Å². The average molecular weight is 179 g/mol. The number of nitrogens with one attached hydrogen (secondary N) is 1. The Morgan fingerprint density at radius 1 is 1.15 bits per heavy atom. The van der Waals surface area contributed by atoms with Crippen molar-refractivity contribution in [2.75, 3.05) is 13.6 Å². The van der Waals surface area contributed by atoms with Gasteiger partial charge in [-0.25, -0.2) is 0 Å². The fourth-order valence-corrected chi connectivity index (χ4v) is 1.21. The zero-order valence-electron chi connectivity index (χ0n) is 9.17. The Morgan fingerprint density at radius 3 is 2.15 bits per heavy atom. The van der Waals surface area contributed by atoms with Gasteiger partial charge in [0.15, 0.2) is 0 Å². The maximum atomic E-state index is 3.17. The van der Waals surface area contributed by atoms with Crippen molar-refractivity contribution < 1.29 is 0 Å². The highest BCUT2D eigenvalue weighted by molar-refractivity contribution is 5.18. The predicted octanol–water partition coefficient (Wildman–Crippen LogP) is 3.04. The monoisotopic (exact) mass is 179 g/mol. The van der Waals surface area contributed by atoms with Gasteiger partial charge in [0.25, 0.3) is 0 Å². The smallest absolute Gasteiger partial charge is 0.00144 e. The first-order valence-corrected chi connectivity index (χ1v) is 5.04. The van der Waals surface area contributed by atoms with Crippen LogP contribution in [0.25, 0.3) is 0 Å². The maximum Gasteiger partial charge on any atom is 0.00144 e. The zero-order valence-corrected chi connectivity index (χ0v) is 9.17. The van der Waals surface area contributed by atoms with Crippen molar-refractivity contribution in [3.05, 3.63) is 35.9 Å². The highest BCUT2D eigenvalue weighted by atomic mass is 14.8. The highest BCUT2D eigenvalue weighted by Gasteiger charge is 2.01. The van der Waals surface area contributed by atoms with Crippen LogP contribution in [0.15, 0.2) is 30.3 Å². The minimum atomic E-state index is 0.612. The number of likely N-dealkylation sites (N-methyl/N-ethyl adjacent to an activating group) is 1. The van der Waals surface area contributed by atoms with Crippen molar-refractivity contribution >= 4 is 0 Å². The summed E-state index contributed by atoms with van der Waals surface area (Å²) in [6, 6.07) is 10.6. The summed E-state index contributed by atoms with van der Waals surface area (Å²) in [6.07, 6.45) is 0. The van der Waals surface area contributed by atoms with Crippen molar-refractivity contribution in [3.8, 4) is 0 Å². The lowest BCUT2D eigenvalue weighted by Gasteiger charge is -2.09. The molecule has 1 nitrogen and oxygen atoms in total. The van der Waals surface area contributed by atoms with Crippen molar-refractivity contribution in [2.45, 2.75) is 26.7 Å². The lowest BCUT2D eigenvalue weighted by atomic mass is 10.0. The summed E-state index contributed by atoms with van der Waals surface area (Å²) in [5, 5.41) is 3.17. The van der Waals surface area contributed by atoms with E-state index < -0.39 is 0 Å². The molecule has 0 fully saturated rings. The van der Waals surface area contributed by atoms with Gasteiger partial charge in [-0.05, 0) is 18.5 Å². The molecule has 0 aromatic heterocycles. The summed E-state index contributed by atoms with van der Waals surface area (Å²) < 4.78 is 0. The molecule has 0 aliphatic heterocycles. The molecular formula is C12H21N. The van der Waals surface area contributed by atoms with Crippen LogP contribution in [-0.4, -0.2) is 13.6 Å². The van der Waals surface area contributed by atoms with E-state index in [1.54, 1.807) is 0 Å². The van der Waals surface area contributed by atoms with Crippen LogP contribution in [0.4, 0.5) is 0 Å². The van der Waals surface area contributed by atoms with Gasteiger partial charge in [-0.3, -0.25) is 0 Å². The first-order valence-electron chi connectivity index (χ1n) is 5.04. The number of hydrogen-bond acceptors (Lipinski definition) is 1. The van der Waals surface area contributed by atoms with Crippen LogP contribution in [0, 0.1) is 0 Å². The van der Waals surface area contributed by atoms with Gasteiger partial charge < -0.3 is 5.32 Å². The zero-order chi connectivity index (χ0) is 10.1. The Morgan fingerprint density at radius 2 is 1.69 bits per heavy atom. The summed E-state index contributed by atoms with van der Waals surface area (Å²) in [5.74, 6) is 0.612. The van der Waals surface area contributed by atoms with E-state index in [4.69, 9.17) is 0 Å². The van der Waals surface area contributed by atoms with E-state index in [1.807, 2.05) is 20.9 Å². The molecule has 0 aliphatic rings. The van der Waals surface area contributed by atoms with Crippen LogP contribution in [0.2, 0.25) is 0 Å². The van der Waals surface area contributed by atoms with E-state index in [1.165, 1.54) is 5.56 Å². The van der Waals surface area contributed by atoms with Crippen molar-refractivity contribution in [1.82, 2.24) is 5.32 Å². The molecular weight excluding hydrogens is 158 g/mol. The fourth-order valence-electron chi connectivity index (χ4n) is 1.21. The van der Waals surface area contributed by atoms with Crippen molar-refractivity contribution in [3.63, 3.8) is 0 Å². The number of hydrogen-bond donors (Lipinski definition) is 1. The van der Waals surface area contributed by atoms with Gasteiger partial charge in [-0.15, -0.1) is 0 Å². The quantitative estimate of drug-likeness (QED) is 0.752. The second kappa shape index (κ2) is 7.81. The van der Waals surface area contributed by atoms with Gasteiger partial charge in [-0.2, -0.15) is 0 Å². The van der Waals surface area contributed by atoms with Crippen LogP contribution in [0.3, 0.4) is 0 Å². The van der Waals surface area contributed by atoms with Gasteiger partial charge in [0.05, 0.1) is 0 Å². The first kappa shape index (κ1) is 12.2. The largest absolute Gasteiger partial charge is 0.319 e. The van der Waals surface area contributed by atoms with E-state index >= 15 is 0 Å². The van der Waals surface area contributed by atoms with E-state index in [0.717, 1.165) is 6.54 Å². The molecule has 0 spiro atoms. The van der Waals surface area contributed by atoms with Crippen molar-refractivity contribution in [1.29, 1.82) is 0 Å². The molecule has 1 unspecified atom stereocenters. The SMILES string of the molecule is CC.CNCC(C)c1ccccc1. The number of benzene rings is 1. The second-order valence-corrected chi connectivity index (χ2v) is 2.87. The van der Waals surface area contributed by atoms with E-state index in [2.05, 4.69) is 42.6 Å². The molecule has 0 radical (unpaired) electrons. The molecule has 0 bridgehead atoms. The van der Waals surface area contributed by atoms with Crippen LogP contribution in [0.5, 0.6) is 0 Å². The molecule has 0 saturated carbocycles. The van der Waals surface area contributed by atoms with Gasteiger partial charge in [0.1, 0.15) is 0 Å². The topological polar surface area (TPSA) is 12.0 Å². The minimum absolute atomic E-state index is 0.612. The standard InChI is InChI=1S/C10H15N.C2H6/c1-9(8-11-2)10-6-4-3-5-7-10;1-2/h3-7,9,11H,8H2,1-2H3;1-2H3. The fraction of sp³-hybridized carbons (Fsp3) is 0.500. The molecule has 1 rings (SSSR count). The van der Waals surface area contributed by atoms with Crippen LogP contribution >= 0.6 is 0 Å². The van der Waals surface area contributed by atoms with Gasteiger partial charge >= 0.3 is 0 Å². The Bertz CT molecular complexity index is 194. The molecule has 1 aromatic carbocycles. The van der Waals surface area contributed by atoms with Gasteiger partial charge in [-0.1, -0.05) is 51.1 Å². The molecule has 1 N–H and O–H groups in total.